The lowest BCUT2D eigenvalue weighted by atomic mass is 10.1. The van der Waals surface area contributed by atoms with Crippen molar-refractivity contribution in [3.05, 3.63) is 0 Å². The summed E-state index contributed by atoms with van der Waals surface area (Å²) in [5.74, 6) is 0.275. The molecule has 4 nitrogen and oxygen atoms in total. The van der Waals surface area contributed by atoms with Crippen LogP contribution in [-0.4, -0.2) is 48.8 Å². The number of ether oxygens (including phenoxy) is 1. The number of hydrogen-bond acceptors (Lipinski definition) is 4. The van der Waals surface area contributed by atoms with Crippen molar-refractivity contribution >= 4 is 5.97 Å². The first kappa shape index (κ1) is 11.5. The SMILES string of the molecule is CCN(CCO)C(C(=O)OC)C1CC1. The number of hydrogen-bond donors (Lipinski definition) is 1. The number of carbonyl (C=O) groups is 1. The second kappa shape index (κ2) is 5.32. The zero-order chi connectivity index (χ0) is 10.6. The van der Waals surface area contributed by atoms with Gasteiger partial charge in [-0.25, -0.2) is 0 Å². The number of carbonyl (C=O) groups excluding carboxylic acids is 1. The average molecular weight is 201 g/mol. The second-order valence-corrected chi connectivity index (χ2v) is 3.66. The van der Waals surface area contributed by atoms with Gasteiger partial charge in [0.05, 0.1) is 13.7 Å². The van der Waals surface area contributed by atoms with Crippen LogP contribution in [0.25, 0.3) is 0 Å². The lowest BCUT2D eigenvalue weighted by molar-refractivity contribution is -0.148. The fourth-order valence-electron chi connectivity index (χ4n) is 1.79. The Labute approximate surface area is 84.8 Å². The van der Waals surface area contributed by atoms with Crippen molar-refractivity contribution in [3.63, 3.8) is 0 Å². The van der Waals surface area contributed by atoms with Gasteiger partial charge in [0.1, 0.15) is 6.04 Å². The molecule has 0 amide bonds. The molecule has 0 aliphatic heterocycles. The number of esters is 1. The van der Waals surface area contributed by atoms with Crippen LogP contribution in [0.15, 0.2) is 0 Å². The summed E-state index contributed by atoms with van der Waals surface area (Å²) in [6.45, 7) is 3.41. The molecule has 0 spiro atoms. The minimum Gasteiger partial charge on any atom is -0.468 e. The first-order valence-electron chi connectivity index (χ1n) is 5.17. The fourth-order valence-corrected chi connectivity index (χ4v) is 1.79. The first-order chi connectivity index (χ1) is 6.74. The van der Waals surface area contributed by atoms with Gasteiger partial charge in [0.15, 0.2) is 0 Å². The topological polar surface area (TPSA) is 49.8 Å². The predicted octanol–water partition coefficient (Wildman–Crippen LogP) is 0.252. The number of likely N-dealkylation sites (N-methyl/N-ethyl adjacent to an activating group) is 1. The molecule has 14 heavy (non-hydrogen) atoms. The summed E-state index contributed by atoms with van der Waals surface area (Å²) in [6, 6.07) is -0.142. The van der Waals surface area contributed by atoms with Gasteiger partial charge in [0.25, 0.3) is 0 Å². The molecule has 0 radical (unpaired) electrons. The van der Waals surface area contributed by atoms with E-state index in [1.54, 1.807) is 0 Å². The van der Waals surface area contributed by atoms with Crippen LogP contribution in [0.5, 0.6) is 0 Å². The monoisotopic (exact) mass is 201 g/mol. The van der Waals surface area contributed by atoms with E-state index in [9.17, 15) is 4.79 Å². The summed E-state index contributed by atoms with van der Waals surface area (Å²) < 4.78 is 4.78. The summed E-state index contributed by atoms with van der Waals surface area (Å²) >= 11 is 0. The van der Waals surface area contributed by atoms with Crippen LogP contribution in [0.3, 0.4) is 0 Å². The summed E-state index contributed by atoms with van der Waals surface area (Å²) in [5, 5.41) is 8.88. The number of aliphatic hydroxyl groups is 1. The molecule has 0 heterocycles. The Bertz CT molecular complexity index is 192. The van der Waals surface area contributed by atoms with Crippen molar-refractivity contribution in [3.8, 4) is 0 Å². The van der Waals surface area contributed by atoms with E-state index in [-0.39, 0.29) is 18.6 Å². The third-order valence-corrected chi connectivity index (χ3v) is 2.70. The summed E-state index contributed by atoms with van der Waals surface area (Å²) in [6.07, 6.45) is 2.20. The Hall–Kier alpha value is -0.610. The normalized spacial score (nSPS) is 18.3. The second-order valence-electron chi connectivity index (χ2n) is 3.66. The summed E-state index contributed by atoms with van der Waals surface area (Å²) in [5.41, 5.74) is 0. The maximum Gasteiger partial charge on any atom is 0.323 e. The highest BCUT2D eigenvalue weighted by atomic mass is 16.5. The van der Waals surface area contributed by atoms with Gasteiger partial charge in [-0.2, -0.15) is 0 Å². The molecular formula is C10H19NO3. The third-order valence-electron chi connectivity index (χ3n) is 2.70. The summed E-state index contributed by atoms with van der Waals surface area (Å²) in [4.78, 5) is 13.5. The standard InChI is InChI=1S/C10H19NO3/c1-3-11(6-7-12)9(8-4-5-8)10(13)14-2/h8-9,12H,3-7H2,1-2H3. The van der Waals surface area contributed by atoms with Crippen molar-refractivity contribution in [2.24, 2.45) is 5.92 Å². The Morgan fingerprint density at radius 3 is 2.64 bits per heavy atom. The molecule has 1 saturated carbocycles. The fraction of sp³-hybridized carbons (Fsp3) is 0.900. The molecule has 4 heteroatoms. The van der Waals surface area contributed by atoms with E-state index in [2.05, 4.69) is 0 Å². The van der Waals surface area contributed by atoms with Gasteiger partial charge in [-0.05, 0) is 25.3 Å². The lowest BCUT2D eigenvalue weighted by Gasteiger charge is -2.27. The molecule has 0 aromatic carbocycles. The molecular weight excluding hydrogens is 182 g/mol. The molecule has 1 rings (SSSR count). The van der Waals surface area contributed by atoms with E-state index in [4.69, 9.17) is 9.84 Å². The van der Waals surface area contributed by atoms with Crippen LogP contribution in [0.4, 0.5) is 0 Å². The zero-order valence-electron chi connectivity index (χ0n) is 8.90. The molecule has 1 aliphatic rings. The predicted molar refractivity (Wildman–Crippen MR) is 52.9 cm³/mol. The van der Waals surface area contributed by atoms with E-state index in [0.717, 1.165) is 19.4 Å². The van der Waals surface area contributed by atoms with Crippen LogP contribution >= 0.6 is 0 Å². The number of methoxy groups -OCH3 is 1. The molecule has 1 unspecified atom stereocenters. The molecule has 0 aromatic rings. The van der Waals surface area contributed by atoms with Gasteiger partial charge in [0, 0.05) is 6.54 Å². The van der Waals surface area contributed by atoms with Crippen LogP contribution in [0.2, 0.25) is 0 Å². The minimum atomic E-state index is -0.164. The van der Waals surface area contributed by atoms with E-state index in [1.807, 2.05) is 11.8 Å². The van der Waals surface area contributed by atoms with Gasteiger partial charge in [-0.1, -0.05) is 6.92 Å². The van der Waals surface area contributed by atoms with Gasteiger partial charge >= 0.3 is 5.97 Å². The third kappa shape index (κ3) is 2.69. The highest BCUT2D eigenvalue weighted by Crippen LogP contribution is 2.35. The van der Waals surface area contributed by atoms with Gasteiger partial charge in [-0.15, -0.1) is 0 Å². The van der Waals surface area contributed by atoms with Gasteiger partial charge in [-0.3, -0.25) is 9.69 Å². The molecule has 1 atom stereocenters. The molecule has 1 N–H and O–H groups in total. The van der Waals surface area contributed by atoms with Crippen LogP contribution in [0, 0.1) is 5.92 Å². The highest BCUT2D eigenvalue weighted by Gasteiger charge is 2.40. The molecule has 0 aromatic heterocycles. The maximum atomic E-state index is 11.5. The Morgan fingerprint density at radius 1 is 1.64 bits per heavy atom. The highest BCUT2D eigenvalue weighted by molar-refractivity contribution is 5.76. The van der Waals surface area contributed by atoms with Crippen molar-refractivity contribution in [2.75, 3.05) is 26.8 Å². The minimum absolute atomic E-state index is 0.0913. The Balaban J connectivity index is 2.58. The van der Waals surface area contributed by atoms with Crippen molar-refractivity contribution in [1.82, 2.24) is 4.90 Å². The van der Waals surface area contributed by atoms with Crippen molar-refractivity contribution in [2.45, 2.75) is 25.8 Å². The number of nitrogens with zero attached hydrogens (tertiary/aromatic N) is 1. The van der Waals surface area contributed by atoms with Crippen molar-refractivity contribution in [1.29, 1.82) is 0 Å². The van der Waals surface area contributed by atoms with Gasteiger partial charge < -0.3 is 9.84 Å². The van der Waals surface area contributed by atoms with Crippen LogP contribution in [0.1, 0.15) is 19.8 Å². The quantitative estimate of drug-likeness (QED) is 0.626. The average Bonchev–Trinajstić information content (AvgIpc) is 3.00. The Morgan fingerprint density at radius 2 is 2.29 bits per heavy atom. The van der Waals surface area contributed by atoms with E-state index in [1.165, 1.54) is 7.11 Å². The summed E-state index contributed by atoms with van der Waals surface area (Å²) in [7, 11) is 1.42. The van der Waals surface area contributed by atoms with Crippen LogP contribution < -0.4 is 0 Å². The number of aliphatic hydroxyl groups excluding tert-OH is 1. The maximum absolute atomic E-state index is 11.5. The molecule has 0 saturated heterocycles. The zero-order valence-corrected chi connectivity index (χ0v) is 8.90. The molecule has 1 fully saturated rings. The smallest absolute Gasteiger partial charge is 0.323 e. The molecule has 1 aliphatic carbocycles. The molecule has 82 valence electrons. The number of rotatable bonds is 6. The molecule has 0 bridgehead atoms. The largest absolute Gasteiger partial charge is 0.468 e. The van der Waals surface area contributed by atoms with E-state index < -0.39 is 0 Å². The van der Waals surface area contributed by atoms with E-state index in [0.29, 0.717) is 12.5 Å². The first-order valence-corrected chi connectivity index (χ1v) is 5.17. The van der Waals surface area contributed by atoms with Gasteiger partial charge in [0.2, 0.25) is 0 Å². The Kier molecular flexibility index (Phi) is 4.35. The van der Waals surface area contributed by atoms with E-state index >= 15 is 0 Å². The van der Waals surface area contributed by atoms with Crippen molar-refractivity contribution < 1.29 is 14.6 Å². The lowest BCUT2D eigenvalue weighted by Crippen LogP contribution is -2.44. The van der Waals surface area contributed by atoms with Crippen LogP contribution in [-0.2, 0) is 9.53 Å².